The molecule has 0 atom stereocenters. The van der Waals surface area contributed by atoms with E-state index in [0.29, 0.717) is 38.0 Å². The van der Waals surface area contributed by atoms with Crippen molar-refractivity contribution in [2.75, 3.05) is 0 Å². The van der Waals surface area contributed by atoms with Gasteiger partial charge in [-0.3, -0.25) is 4.98 Å². The fraction of sp³-hybridized carbons (Fsp3) is 0. The van der Waals surface area contributed by atoms with Crippen molar-refractivity contribution in [3.63, 3.8) is 0 Å². The highest BCUT2D eigenvalue weighted by molar-refractivity contribution is 8.19. The maximum absolute atomic E-state index is 9.49. The summed E-state index contributed by atoms with van der Waals surface area (Å²) in [5, 5.41) is 33.0. The average Bonchev–Trinajstić information content (AvgIpc) is 3.03. The van der Waals surface area contributed by atoms with Crippen LogP contribution in [0, 0.1) is 0 Å². The second-order valence-corrected chi connectivity index (χ2v) is 11.4. The topological polar surface area (TPSA) is 190 Å². The molecule has 42 heavy (non-hydrogen) atoms. The average molecular weight is 629 g/mol. The summed E-state index contributed by atoms with van der Waals surface area (Å²) in [6.07, 6.45) is 1.60. The molecule has 216 valence electrons. The van der Waals surface area contributed by atoms with Crippen LogP contribution in [0.15, 0.2) is 106 Å². The van der Waals surface area contributed by atoms with Crippen LogP contribution in [0.2, 0.25) is 0 Å². The molecule has 0 aliphatic heterocycles. The van der Waals surface area contributed by atoms with Gasteiger partial charge < -0.3 is 13.7 Å². The van der Waals surface area contributed by atoms with Crippen molar-refractivity contribution in [3.8, 4) is 45.2 Å². The van der Waals surface area contributed by atoms with Gasteiger partial charge in [0.05, 0.1) is 29.0 Å². The zero-order chi connectivity index (χ0) is 29.5. The minimum atomic E-state index is -3.81. The molecule has 0 radical (unpaired) electrons. The molecule has 0 unspecified atom stereocenters. The molecular weight excluding hydrogens is 609 g/mol. The molecule has 5 rings (SSSR count). The minimum absolute atomic E-state index is 0.00837. The summed E-state index contributed by atoms with van der Waals surface area (Å²) >= 11 is 1.65. The van der Waals surface area contributed by atoms with Crippen molar-refractivity contribution in [2.24, 2.45) is 0 Å². The summed E-state index contributed by atoms with van der Waals surface area (Å²) < 4.78 is 37.4. The smallest absolute Gasteiger partial charge is 0.201 e. The van der Waals surface area contributed by atoms with E-state index in [-0.39, 0.29) is 10.7 Å². The van der Waals surface area contributed by atoms with Crippen LogP contribution >= 0.6 is 35.0 Å². The Balaban J connectivity index is 1.53. The molecule has 0 aliphatic rings. The summed E-state index contributed by atoms with van der Waals surface area (Å²) in [6, 6.07) is 23.9. The van der Waals surface area contributed by atoms with Gasteiger partial charge in [0.15, 0.2) is 0 Å². The van der Waals surface area contributed by atoms with Crippen molar-refractivity contribution < 1.29 is 42.9 Å². The van der Waals surface area contributed by atoms with Crippen molar-refractivity contribution in [1.29, 1.82) is 0 Å². The third-order valence-corrected chi connectivity index (χ3v) is 7.85. The second-order valence-electron chi connectivity index (χ2n) is 8.31. The molecule has 0 saturated carbocycles. The molecular formula is C26H20N4O9S3. The SMILES string of the molecule is OOOSc1ccc(-c2nnc(-c3cc(-c4ccc(S(O)(O)O)cc4)ccn3)nc2-c2ccc(SOOO)cc2)cc1. The van der Waals surface area contributed by atoms with E-state index < -0.39 is 10.9 Å². The van der Waals surface area contributed by atoms with Crippen molar-refractivity contribution in [3.05, 3.63) is 91.1 Å². The second kappa shape index (κ2) is 13.7. The predicted molar refractivity (Wildman–Crippen MR) is 154 cm³/mol. The highest BCUT2D eigenvalue weighted by Crippen LogP contribution is 2.43. The van der Waals surface area contributed by atoms with Gasteiger partial charge in [0.2, 0.25) is 5.82 Å². The number of hydrogen-bond donors (Lipinski definition) is 5. The minimum Gasteiger partial charge on any atom is -0.304 e. The van der Waals surface area contributed by atoms with Gasteiger partial charge in [-0.15, -0.1) is 18.9 Å². The Morgan fingerprint density at radius 1 is 0.595 bits per heavy atom. The van der Waals surface area contributed by atoms with Gasteiger partial charge in [-0.2, -0.15) is 0 Å². The zero-order valence-electron chi connectivity index (χ0n) is 21.0. The first-order chi connectivity index (χ1) is 20.4. The van der Waals surface area contributed by atoms with E-state index in [9.17, 15) is 13.7 Å². The Kier molecular flexibility index (Phi) is 9.75. The van der Waals surface area contributed by atoms with Crippen molar-refractivity contribution in [1.82, 2.24) is 20.2 Å². The molecule has 0 aliphatic carbocycles. The van der Waals surface area contributed by atoms with Crippen LogP contribution < -0.4 is 0 Å². The number of pyridine rings is 1. The van der Waals surface area contributed by atoms with Crippen molar-refractivity contribution in [2.45, 2.75) is 14.7 Å². The van der Waals surface area contributed by atoms with Crippen LogP contribution in [0.3, 0.4) is 0 Å². The first kappa shape index (κ1) is 30.0. The Labute approximate surface area is 248 Å². The lowest BCUT2D eigenvalue weighted by atomic mass is 10.0. The summed E-state index contributed by atoms with van der Waals surface area (Å²) in [5.74, 6) is 0.257. The normalized spacial score (nSPS) is 11.9. The maximum Gasteiger partial charge on any atom is 0.201 e. The Hall–Kier alpha value is -3.49. The van der Waals surface area contributed by atoms with Gasteiger partial charge in [-0.05, 0) is 59.7 Å². The molecule has 16 heteroatoms. The molecule has 0 fully saturated rings. The lowest BCUT2D eigenvalue weighted by Gasteiger charge is -2.19. The molecule has 0 saturated heterocycles. The number of benzene rings is 3. The molecule has 13 nitrogen and oxygen atoms in total. The van der Waals surface area contributed by atoms with Gasteiger partial charge in [-0.1, -0.05) is 46.5 Å². The first-order valence-electron chi connectivity index (χ1n) is 11.7. The van der Waals surface area contributed by atoms with Gasteiger partial charge in [-0.25, -0.2) is 15.5 Å². The maximum atomic E-state index is 9.49. The molecule has 2 aromatic heterocycles. The fourth-order valence-electron chi connectivity index (χ4n) is 3.84. The summed E-state index contributed by atoms with van der Waals surface area (Å²) in [7, 11) is -3.81. The van der Waals surface area contributed by atoms with Crippen LogP contribution in [0.4, 0.5) is 0 Å². The van der Waals surface area contributed by atoms with E-state index >= 15 is 0 Å². The highest BCUT2D eigenvalue weighted by Gasteiger charge is 2.18. The van der Waals surface area contributed by atoms with Gasteiger partial charge in [0, 0.05) is 27.1 Å². The van der Waals surface area contributed by atoms with E-state index in [1.165, 1.54) is 12.1 Å². The van der Waals surface area contributed by atoms with Crippen LogP contribution in [0.1, 0.15) is 0 Å². The van der Waals surface area contributed by atoms with Crippen LogP contribution in [0.5, 0.6) is 0 Å². The Morgan fingerprint density at radius 2 is 1.14 bits per heavy atom. The van der Waals surface area contributed by atoms with Gasteiger partial charge in [0.25, 0.3) is 0 Å². The van der Waals surface area contributed by atoms with E-state index in [2.05, 4.69) is 33.9 Å². The largest absolute Gasteiger partial charge is 0.304 e. The highest BCUT2D eigenvalue weighted by atomic mass is 32.3. The zero-order valence-corrected chi connectivity index (χ0v) is 23.5. The van der Waals surface area contributed by atoms with E-state index in [1.54, 1.807) is 79.0 Å². The molecule has 3 aromatic carbocycles. The molecule has 5 N–H and O–H groups in total. The van der Waals surface area contributed by atoms with Crippen LogP contribution in [0.25, 0.3) is 45.2 Å². The lowest BCUT2D eigenvalue weighted by molar-refractivity contribution is -0.432. The van der Waals surface area contributed by atoms with Crippen molar-refractivity contribution >= 4 is 35.0 Å². The lowest BCUT2D eigenvalue weighted by Crippen LogP contribution is -2.01. The van der Waals surface area contributed by atoms with Gasteiger partial charge in [0.1, 0.15) is 28.0 Å². The Morgan fingerprint density at radius 3 is 1.69 bits per heavy atom. The number of hydrogen-bond acceptors (Lipinski definition) is 15. The van der Waals surface area contributed by atoms with Crippen LogP contribution in [-0.2, 0) is 18.7 Å². The third kappa shape index (κ3) is 7.28. The number of rotatable bonds is 11. The molecule has 0 bridgehead atoms. The number of aromatic nitrogens is 4. The van der Waals surface area contributed by atoms with Gasteiger partial charge >= 0.3 is 0 Å². The standard InChI is InChI=1S/C26H20N4O9S3/c31-36-38-40-20-7-1-17(2-8-20)24-25(18-3-9-21(10-4-18)41-39-37-32)29-30-26(28-24)23-15-19(13-14-27-23)16-5-11-22(12-6-16)42(33,34)35/h1-15,31-35H. The molecule has 5 aromatic rings. The number of nitrogens with zero attached hydrogens (tertiary/aromatic N) is 4. The fourth-order valence-corrected chi connectivity index (χ4v) is 5.05. The first-order valence-corrected chi connectivity index (χ1v) is 14.7. The Bertz CT molecular complexity index is 1640. The van der Waals surface area contributed by atoms with E-state index in [4.69, 9.17) is 15.5 Å². The molecule has 0 spiro atoms. The third-order valence-electron chi connectivity index (χ3n) is 5.76. The van der Waals surface area contributed by atoms with E-state index in [0.717, 1.165) is 35.2 Å². The summed E-state index contributed by atoms with van der Waals surface area (Å²) in [4.78, 5) is 10.6. The molecule has 0 amide bonds. The summed E-state index contributed by atoms with van der Waals surface area (Å²) in [6.45, 7) is 0. The van der Waals surface area contributed by atoms with E-state index in [1.807, 2.05) is 0 Å². The summed E-state index contributed by atoms with van der Waals surface area (Å²) in [5.41, 5.74) is 4.35. The predicted octanol–water partition coefficient (Wildman–Crippen LogP) is 7.37. The molecule has 2 heterocycles. The monoisotopic (exact) mass is 628 g/mol. The van der Waals surface area contributed by atoms with Crippen LogP contribution in [-0.4, -0.2) is 44.3 Å². The quantitative estimate of drug-likeness (QED) is 0.0553.